The van der Waals surface area contributed by atoms with Crippen molar-refractivity contribution in [3.8, 4) is 0 Å². The van der Waals surface area contributed by atoms with E-state index in [0.29, 0.717) is 11.4 Å². The number of rotatable bonds is 3. The fraction of sp³-hybridized carbons (Fsp3) is 0. The number of halogens is 1. The van der Waals surface area contributed by atoms with E-state index >= 15 is 0 Å². The molecule has 86 valence electrons. The zero-order valence-electron chi connectivity index (χ0n) is 8.59. The van der Waals surface area contributed by atoms with Gasteiger partial charge in [-0.15, -0.1) is 0 Å². The molecule has 2 rings (SSSR count). The third kappa shape index (κ3) is 2.70. The molecule has 0 atom stereocenters. The van der Waals surface area contributed by atoms with Crippen LogP contribution in [0.15, 0.2) is 36.8 Å². The predicted octanol–water partition coefficient (Wildman–Crippen LogP) is 2.57. The van der Waals surface area contributed by atoms with E-state index in [1.807, 2.05) is 0 Å². The van der Waals surface area contributed by atoms with Crippen molar-refractivity contribution in [2.24, 2.45) is 0 Å². The van der Waals surface area contributed by atoms with Gasteiger partial charge in [-0.25, -0.2) is 9.78 Å². The minimum absolute atomic E-state index is 0.0539. The second kappa shape index (κ2) is 4.80. The van der Waals surface area contributed by atoms with Gasteiger partial charge in [0, 0.05) is 12.4 Å². The molecule has 0 aliphatic heterocycles. The fourth-order valence-electron chi connectivity index (χ4n) is 1.30. The lowest BCUT2D eigenvalue weighted by atomic mass is 10.2. The van der Waals surface area contributed by atoms with Crippen LogP contribution in [0.5, 0.6) is 0 Å². The molecule has 0 radical (unpaired) electrons. The van der Waals surface area contributed by atoms with Gasteiger partial charge in [0.2, 0.25) is 0 Å². The van der Waals surface area contributed by atoms with E-state index in [1.165, 1.54) is 12.3 Å². The minimum atomic E-state index is -1.07. The van der Waals surface area contributed by atoms with Crippen molar-refractivity contribution in [1.82, 2.24) is 9.97 Å². The van der Waals surface area contributed by atoms with Crippen LogP contribution < -0.4 is 5.32 Å². The summed E-state index contributed by atoms with van der Waals surface area (Å²) in [6.07, 6.45) is 4.42. The highest BCUT2D eigenvalue weighted by Crippen LogP contribution is 2.22. The first-order valence-corrected chi connectivity index (χ1v) is 5.10. The van der Waals surface area contributed by atoms with Crippen molar-refractivity contribution in [3.63, 3.8) is 0 Å². The Kier molecular flexibility index (Phi) is 3.20. The van der Waals surface area contributed by atoms with Gasteiger partial charge >= 0.3 is 5.97 Å². The summed E-state index contributed by atoms with van der Waals surface area (Å²) >= 11 is 5.73. The Bertz CT molecular complexity index is 546. The number of nitrogens with one attached hydrogen (secondary N) is 1. The second-order valence-corrected chi connectivity index (χ2v) is 3.61. The van der Waals surface area contributed by atoms with Crippen LogP contribution in [0.4, 0.5) is 11.4 Å². The standard InChI is InChI=1S/C11H8ClN3O2/c12-10-4-9(8(6-14-10)11(16)17)15-7-2-1-3-13-5-7/h1-6H,(H,14,15)(H,16,17). The Morgan fingerprint density at radius 2 is 2.24 bits per heavy atom. The fourth-order valence-corrected chi connectivity index (χ4v) is 1.45. The third-order valence-electron chi connectivity index (χ3n) is 2.04. The zero-order chi connectivity index (χ0) is 12.3. The van der Waals surface area contributed by atoms with Crippen LogP contribution in [0.25, 0.3) is 0 Å². The Balaban J connectivity index is 2.37. The molecule has 0 aliphatic rings. The van der Waals surface area contributed by atoms with Crippen molar-refractivity contribution >= 4 is 28.9 Å². The van der Waals surface area contributed by atoms with Gasteiger partial charge < -0.3 is 10.4 Å². The predicted molar refractivity (Wildman–Crippen MR) is 63.7 cm³/mol. The maximum atomic E-state index is 11.0. The average Bonchev–Trinajstić information content (AvgIpc) is 2.30. The molecule has 5 nitrogen and oxygen atoms in total. The average molecular weight is 250 g/mol. The molecule has 2 aromatic rings. The molecule has 0 aromatic carbocycles. The number of carbonyl (C=O) groups is 1. The number of pyridine rings is 2. The van der Waals surface area contributed by atoms with E-state index in [0.717, 1.165) is 0 Å². The number of hydrogen-bond donors (Lipinski definition) is 2. The van der Waals surface area contributed by atoms with Crippen LogP contribution in [0.3, 0.4) is 0 Å². The van der Waals surface area contributed by atoms with Crippen LogP contribution in [-0.4, -0.2) is 21.0 Å². The highest BCUT2D eigenvalue weighted by molar-refractivity contribution is 6.29. The van der Waals surface area contributed by atoms with Gasteiger partial charge in [-0.3, -0.25) is 4.98 Å². The number of aromatic carboxylic acids is 1. The number of anilines is 2. The van der Waals surface area contributed by atoms with Gasteiger partial charge in [-0.1, -0.05) is 11.6 Å². The Hall–Kier alpha value is -2.14. The lowest BCUT2D eigenvalue weighted by Crippen LogP contribution is -2.03. The van der Waals surface area contributed by atoms with Gasteiger partial charge in [0.1, 0.15) is 10.7 Å². The van der Waals surface area contributed by atoms with Crippen LogP contribution in [0.1, 0.15) is 10.4 Å². The van der Waals surface area contributed by atoms with Crippen molar-refractivity contribution < 1.29 is 9.90 Å². The van der Waals surface area contributed by atoms with Crippen LogP contribution >= 0.6 is 11.6 Å². The van der Waals surface area contributed by atoms with Gasteiger partial charge in [0.25, 0.3) is 0 Å². The quantitative estimate of drug-likeness (QED) is 0.818. The molecular weight excluding hydrogens is 242 g/mol. The van der Waals surface area contributed by atoms with Crippen molar-refractivity contribution in [2.75, 3.05) is 5.32 Å². The smallest absolute Gasteiger partial charge is 0.339 e. The molecule has 2 N–H and O–H groups in total. The van der Waals surface area contributed by atoms with E-state index in [4.69, 9.17) is 16.7 Å². The van der Waals surface area contributed by atoms with E-state index < -0.39 is 5.97 Å². The molecule has 0 unspecified atom stereocenters. The van der Waals surface area contributed by atoms with Gasteiger partial charge in [-0.2, -0.15) is 0 Å². The van der Waals surface area contributed by atoms with E-state index in [2.05, 4.69) is 15.3 Å². The van der Waals surface area contributed by atoms with Crippen molar-refractivity contribution in [3.05, 3.63) is 47.5 Å². The zero-order valence-corrected chi connectivity index (χ0v) is 9.35. The number of aromatic nitrogens is 2. The summed E-state index contributed by atoms with van der Waals surface area (Å²) in [6, 6.07) is 4.97. The Morgan fingerprint density at radius 3 is 2.88 bits per heavy atom. The van der Waals surface area contributed by atoms with E-state index in [-0.39, 0.29) is 10.7 Å². The molecule has 0 saturated carbocycles. The summed E-state index contributed by atoms with van der Waals surface area (Å²) in [5, 5.41) is 12.1. The number of carboxylic acids is 1. The first-order valence-electron chi connectivity index (χ1n) is 4.72. The first-order chi connectivity index (χ1) is 8.16. The third-order valence-corrected chi connectivity index (χ3v) is 2.25. The molecule has 2 heterocycles. The monoisotopic (exact) mass is 249 g/mol. The molecule has 2 aromatic heterocycles. The summed E-state index contributed by atoms with van der Waals surface area (Å²) in [7, 11) is 0. The summed E-state index contributed by atoms with van der Waals surface area (Å²) in [6.45, 7) is 0. The van der Waals surface area contributed by atoms with Crippen LogP contribution in [-0.2, 0) is 0 Å². The van der Waals surface area contributed by atoms with Crippen molar-refractivity contribution in [2.45, 2.75) is 0 Å². The molecule has 0 fully saturated rings. The summed E-state index contributed by atoms with van der Waals surface area (Å²) in [5.74, 6) is -1.07. The largest absolute Gasteiger partial charge is 0.478 e. The topological polar surface area (TPSA) is 75.1 Å². The highest BCUT2D eigenvalue weighted by atomic mass is 35.5. The van der Waals surface area contributed by atoms with Crippen LogP contribution in [0, 0.1) is 0 Å². The second-order valence-electron chi connectivity index (χ2n) is 3.22. The minimum Gasteiger partial charge on any atom is -0.478 e. The maximum Gasteiger partial charge on any atom is 0.339 e. The maximum absolute atomic E-state index is 11.0. The number of hydrogen-bond acceptors (Lipinski definition) is 4. The molecule has 0 spiro atoms. The van der Waals surface area contributed by atoms with Gasteiger partial charge in [0.15, 0.2) is 0 Å². The highest BCUT2D eigenvalue weighted by Gasteiger charge is 2.11. The molecule has 17 heavy (non-hydrogen) atoms. The molecule has 0 bridgehead atoms. The van der Waals surface area contributed by atoms with E-state index in [1.54, 1.807) is 24.5 Å². The van der Waals surface area contributed by atoms with Gasteiger partial charge in [-0.05, 0) is 18.2 Å². The molecule has 0 saturated heterocycles. The number of nitrogens with zero attached hydrogens (tertiary/aromatic N) is 2. The van der Waals surface area contributed by atoms with Gasteiger partial charge in [0.05, 0.1) is 17.6 Å². The normalized spacial score (nSPS) is 9.94. The summed E-state index contributed by atoms with van der Waals surface area (Å²) in [5.41, 5.74) is 1.11. The SMILES string of the molecule is O=C(O)c1cnc(Cl)cc1Nc1cccnc1. The summed E-state index contributed by atoms with van der Waals surface area (Å²) in [4.78, 5) is 18.6. The lowest BCUT2D eigenvalue weighted by Gasteiger charge is -2.08. The lowest BCUT2D eigenvalue weighted by molar-refractivity contribution is 0.0697. The molecule has 0 aliphatic carbocycles. The molecular formula is C11H8ClN3O2. The number of carboxylic acid groups (broad SMARTS) is 1. The van der Waals surface area contributed by atoms with E-state index in [9.17, 15) is 4.79 Å². The molecule has 0 amide bonds. The first kappa shape index (κ1) is 11.3. The summed E-state index contributed by atoms with van der Waals surface area (Å²) < 4.78 is 0. The Labute approximate surface area is 102 Å². The van der Waals surface area contributed by atoms with Crippen LogP contribution in [0.2, 0.25) is 5.15 Å². The van der Waals surface area contributed by atoms with Crippen molar-refractivity contribution in [1.29, 1.82) is 0 Å². The Morgan fingerprint density at radius 1 is 1.41 bits per heavy atom. The molecule has 6 heteroatoms.